The number of alkyl halides is 3. The van der Waals surface area contributed by atoms with Crippen LogP contribution in [-0.2, 0) is 23.8 Å². The molecule has 0 aliphatic carbocycles. The molecule has 0 saturated carbocycles. The highest BCUT2D eigenvalue weighted by Crippen LogP contribution is 2.30. The van der Waals surface area contributed by atoms with Gasteiger partial charge in [0, 0.05) is 24.2 Å². The van der Waals surface area contributed by atoms with E-state index in [-0.39, 0.29) is 17.9 Å². The molecule has 0 fully saturated rings. The summed E-state index contributed by atoms with van der Waals surface area (Å²) in [5, 5.41) is 4.96. The number of hydrogen-bond donors (Lipinski definition) is 2. The molecule has 3 aromatic carbocycles. The second kappa shape index (κ2) is 9.47. The fraction of sp³-hybridized carbons (Fsp3) is 0.167. The number of ketones is 1. The van der Waals surface area contributed by atoms with E-state index >= 15 is 0 Å². The Morgan fingerprint density at radius 1 is 0.774 bits per heavy atom. The van der Waals surface area contributed by atoms with Crippen LogP contribution < -0.4 is 10.6 Å². The zero-order valence-electron chi connectivity index (χ0n) is 16.8. The molecule has 0 aromatic heterocycles. The van der Waals surface area contributed by atoms with Crippen LogP contribution in [0.4, 0.5) is 29.3 Å². The predicted octanol–water partition coefficient (Wildman–Crippen LogP) is 6.01. The van der Waals surface area contributed by atoms with Gasteiger partial charge in [0.15, 0.2) is 0 Å². The molecule has 0 radical (unpaired) electrons. The molecule has 3 aromatic rings. The first-order valence-electron chi connectivity index (χ1n) is 9.60. The molecule has 7 heteroatoms. The SMILES string of the molecule is Cc1cccc(CC(=O)Cc2cccc(NC(=O)Nc3cccc(C(F)(F)F)c3)c2)c1. The van der Waals surface area contributed by atoms with Gasteiger partial charge in [-0.2, -0.15) is 13.2 Å². The molecule has 2 N–H and O–H groups in total. The van der Waals surface area contributed by atoms with E-state index in [4.69, 9.17) is 0 Å². The van der Waals surface area contributed by atoms with Crippen LogP contribution in [-0.4, -0.2) is 11.8 Å². The predicted molar refractivity (Wildman–Crippen MR) is 114 cm³/mol. The summed E-state index contributed by atoms with van der Waals surface area (Å²) in [6, 6.07) is 18.2. The van der Waals surface area contributed by atoms with Gasteiger partial charge in [-0.1, -0.05) is 48.0 Å². The summed E-state index contributed by atoms with van der Waals surface area (Å²) in [4.78, 5) is 24.6. The number of amides is 2. The summed E-state index contributed by atoms with van der Waals surface area (Å²) in [5.74, 6) is 0.0381. The zero-order valence-corrected chi connectivity index (χ0v) is 16.8. The van der Waals surface area contributed by atoms with Gasteiger partial charge >= 0.3 is 12.2 Å². The monoisotopic (exact) mass is 426 g/mol. The van der Waals surface area contributed by atoms with Gasteiger partial charge < -0.3 is 10.6 Å². The highest BCUT2D eigenvalue weighted by molar-refractivity contribution is 5.99. The summed E-state index contributed by atoms with van der Waals surface area (Å²) in [6.07, 6.45) is -3.97. The number of aryl methyl sites for hydroxylation is 1. The lowest BCUT2D eigenvalue weighted by molar-refractivity contribution is -0.137. The van der Waals surface area contributed by atoms with E-state index in [9.17, 15) is 22.8 Å². The fourth-order valence-corrected chi connectivity index (χ4v) is 3.17. The summed E-state index contributed by atoms with van der Waals surface area (Å²) < 4.78 is 38.4. The molecule has 160 valence electrons. The molecule has 3 rings (SSSR count). The number of nitrogens with one attached hydrogen (secondary N) is 2. The second-order valence-electron chi connectivity index (χ2n) is 7.24. The van der Waals surface area contributed by atoms with Crippen molar-refractivity contribution in [3.63, 3.8) is 0 Å². The van der Waals surface area contributed by atoms with E-state index in [1.807, 2.05) is 31.2 Å². The lowest BCUT2D eigenvalue weighted by atomic mass is 10.0. The summed E-state index contributed by atoms with van der Waals surface area (Å²) in [7, 11) is 0. The Labute approximate surface area is 178 Å². The Bertz CT molecular complexity index is 1090. The first-order chi connectivity index (χ1) is 14.7. The van der Waals surface area contributed by atoms with Crippen molar-refractivity contribution in [2.75, 3.05) is 10.6 Å². The third-order valence-corrected chi connectivity index (χ3v) is 4.52. The van der Waals surface area contributed by atoms with E-state index in [0.717, 1.165) is 28.8 Å². The lowest BCUT2D eigenvalue weighted by Crippen LogP contribution is -2.20. The van der Waals surface area contributed by atoms with Crippen molar-refractivity contribution in [3.8, 4) is 0 Å². The molecular formula is C24H21F3N2O2. The minimum atomic E-state index is -4.49. The highest BCUT2D eigenvalue weighted by Gasteiger charge is 2.30. The van der Waals surface area contributed by atoms with Crippen molar-refractivity contribution in [1.29, 1.82) is 0 Å². The zero-order chi connectivity index (χ0) is 22.4. The average molecular weight is 426 g/mol. The Balaban J connectivity index is 1.60. The first kappa shape index (κ1) is 22.1. The maximum absolute atomic E-state index is 12.8. The summed E-state index contributed by atoms with van der Waals surface area (Å²) in [6.45, 7) is 1.97. The van der Waals surface area contributed by atoms with Crippen LogP contribution in [0.2, 0.25) is 0 Å². The van der Waals surface area contributed by atoms with Gasteiger partial charge in [-0.05, 0) is 48.4 Å². The molecule has 0 bridgehead atoms. The largest absolute Gasteiger partial charge is 0.416 e. The van der Waals surface area contributed by atoms with E-state index < -0.39 is 17.8 Å². The first-order valence-corrected chi connectivity index (χ1v) is 9.60. The van der Waals surface area contributed by atoms with Crippen LogP contribution >= 0.6 is 0 Å². The molecule has 0 spiro atoms. The number of hydrogen-bond acceptors (Lipinski definition) is 2. The molecule has 0 atom stereocenters. The van der Waals surface area contributed by atoms with Gasteiger partial charge in [-0.15, -0.1) is 0 Å². The third-order valence-electron chi connectivity index (χ3n) is 4.52. The minimum Gasteiger partial charge on any atom is -0.308 e. The van der Waals surface area contributed by atoms with Crippen LogP contribution in [0.1, 0.15) is 22.3 Å². The van der Waals surface area contributed by atoms with Crippen LogP contribution in [0.15, 0.2) is 72.8 Å². The molecule has 0 heterocycles. The van der Waals surface area contributed by atoms with Gasteiger partial charge in [0.05, 0.1) is 5.56 Å². The number of carbonyl (C=O) groups is 2. The van der Waals surface area contributed by atoms with Crippen molar-refractivity contribution < 1.29 is 22.8 Å². The van der Waals surface area contributed by atoms with Crippen molar-refractivity contribution in [3.05, 3.63) is 95.1 Å². The number of benzene rings is 3. The summed E-state index contributed by atoms with van der Waals surface area (Å²) >= 11 is 0. The number of rotatable bonds is 6. The van der Waals surface area contributed by atoms with Crippen LogP contribution in [0.3, 0.4) is 0 Å². The number of halogens is 3. The maximum atomic E-state index is 12.8. The molecule has 31 heavy (non-hydrogen) atoms. The number of anilines is 2. The normalized spacial score (nSPS) is 11.1. The maximum Gasteiger partial charge on any atom is 0.416 e. The smallest absolute Gasteiger partial charge is 0.308 e. The minimum absolute atomic E-state index is 0.0248. The fourth-order valence-electron chi connectivity index (χ4n) is 3.17. The van der Waals surface area contributed by atoms with E-state index in [2.05, 4.69) is 10.6 Å². The van der Waals surface area contributed by atoms with Crippen molar-refractivity contribution >= 4 is 23.2 Å². The number of Topliss-reactive ketones (excluding diaryl/α,β-unsaturated/α-hetero) is 1. The van der Waals surface area contributed by atoms with Gasteiger partial charge in [0.2, 0.25) is 0 Å². The molecular weight excluding hydrogens is 405 g/mol. The average Bonchev–Trinajstić information content (AvgIpc) is 2.67. The Hall–Kier alpha value is -3.61. The van der Waals surface area contributed by atoms with Gasteiger partial charge in [0.25, 0.3) is 0 Å². The Kier molecular flexibility index (Phi) is 6.74. The van der Waals surface area contributed by atoms with Crippen molar-refractivity contribution in [2.24, 2.45) is 0 Å². The van der Waals surface area contributed by atoms with E-state index in [1.54, 1.807) is 24.3 Å². The Morgan fingerprint density at radius 2 is 1.32 bits per heavy atom. The Morgan fingerprint density at radius 3 is 1.94 bits per heavy atom. The van der Waals surface area contributed by atoms with Crippen LogP contribution in [0.25, 0.3) is 0 Å². The van der Waals surface area contributed by atoms with Gasteiger partial charge in [-0.25, -0.2) is 4.79 Å². The van der Waals surface area contributed by atoms with Crippen molar-refractivity contribution in [2.45, 2.75) is 25.9 Å². The van der Waals surface area contributed by atoms with Crippen LogP contribution in [0, 0.1) is 6.92 Å². The third kappa shape index (κ3) is 6.70. The van der Waals surface area contributed by atoms with Crippen molar-refractivity contribution in [1.82, 2.24) is 0 Å². The quantitative estimate of drug-likeness (QED) is 0.507. The second-order valence-corrected chi connectivity index (χ2v) is 7.24. The van der Waals surface area contributed by atoms with E-state index in [0.29, 0.717) is 12.1 Å². The standard InChI is InChI=1S/C24H21F3N2O2/c1-16-5-2-6-17(11-16)13-22(30)14-18-7-3-9-20(12-18)28-23(31)29-21-10-4-8-19(15-21)24(25,26)27/h2-12,15H,13-14H2,1H3,(H2,28,29,31). The molecule has 0 unspecified atom stereocenters. The topological polar surface area (TPSA) is 58.2 Å². The van der Waals surface area contributed by atoms with Gasteiger partial charge in [-0.3, -0.25) is 4.79 Å². The molecule has 2 amide bonds. The van der Waals surface area contributed by atoms with E-state index in [1.165, 1.54) is 12.1 Å². The lowest BCUT2D eigenvalue weighted by Gasteiger charge is -2.11. The molecule has 4 nitrogen and oxygen atoms in total. The number of carbonyl (C=O) groups excluding carboxylic acids is 2. The molecule has 0 aliphatic heterocycles. The highest BCUT2D eigenvalue weighted by atomic mass is 19.4. The summed E-state index contributed by atoms with van der Waals surface area (Å²) in [5.41, 5.74) is 2.37. The van der Waals surface area contributed by atoms with Crippen LogP contribution in [0.5, 0.6) is 0 Å². The molecule has 0 aliphatic rings. The molecule has 0 saturated heterocycles. The number of urea groups is 1. The van der Waals surface area contributed by atoms with Gasteiger partial charge in [0.1, 0.15) is 5.78 Å².